The number of carbonyl (C=O) groups excluding carboxylic acids is 1. The summed E-state index contributed by atoms with van der Waals surface area (Å²) in [5.74, 6) is -0.188. The van der Waals surface area contributed by atoms with Gasteiger partial charge < -0.3 is 16.0 Å². The molecule has 1 rings (SSSR count). The molecule has 0 aromatic carbocycles. The molecule has 0 spiro atoms. The van der Waals surface area contributed by atoms with Crippen molar-refractivity contribution in [2.24, 2.45) is 11.1 Å². The largest absolute Gasteiger partial charge is 0.392 e. The van der Waals surface area contributed by atoms with Crippen LogP contribution in [0.1, 0.15) is 32.4 Å². The third kappa shape index (κ3) is 2.97. The number of nitrogens with two attached hydrogens (primary N) is 1. The zero-order valence-electron chi connectivity index (χ0n) is 10.4. The number of rotatable bonds is 6. The van der Waals surface area contributed by atoms with Crippen LogP contribution in [0.2, 0.25) is 0 Å². The zero-order valence-corrected chi connectivity index (χ0v) is 12.0. The van der Waals surface area contributed by atoms with E-state index in [4.69, 9.17) is 18.0 Å². The molecule has 0 bridgehead atoms. The second-order valence-electron chi connectivity index (χ2n) is 4.01. The highest BCUT2D eigenvalue weighted by atomic mass is 32.1. The summed E-state index contributed by atoms with van der Waals surface area (Å²) in [5.41, 5.74) is 5.56. The van der Waals surface area contributed by atoms with Gasteiger partial charge in [0.25, 0.3) is 0 Å². The van der Waals surface area contributed by atoms with Crippen LogP contribution < -0.4 is 15.9 Å². The molecule has 1 amide bonds. The van der Waals surface area contributed by atoms with Crippen molar-refractivity contribution < 1.29 is 4.79 Å². The van der Waals surface area contributed by atoms with Crippen LogP contribution in [0.3, 0.4) is 0 Å². The van der Waals surface area contributed by atoms with Gasteiger partial charge in [-0.15, -0.1) is 0 Å². The van der Waals surface area contributed by atoms with Crippen molar-refractivity contribution in [3.05, 3.63) is 20.7 Å². The average molecular weight is 287 g/mol. The Labute approximate surface area is 115 Å². The average Bonchev–Trinajstić information content (AvgIpc) is 2.74. The molecule has 0 aliphatic heterocycles. The Morgan fingerprint density at radius 2 is 2.17 bits per heavy atom. The molecule has 0 fully saturated rings. The molecule has 7 heteroatoms. The first-order valence-electron chi connectivity index (χ1n) is 5.71. The topological polar surface area (TPSA) is 88.0 Å². The van der Waals surface area contributed by atoms with Gasteiger partial charge in [0.05, 0.1) is 16.9 Å². The van der Waals surface area contributed by atoms with E-state index in [-0.39, 0.29) is 22.3 Å². The van der Waals surface area contributed by atoms with Gasteiger partial charge in [-0.3, -0.25) is 9.59 Å². The van der Waals surface area contributed by atoms with Crippen molar-refractivity contribution in [1.82, 2.24) is 10.3 Å². The Morgan fingerprint density at radius 3 is 2.56 bits per heavy atom. The molecule has 4 N–H and O–H groups in total. The zero-order chi connectivity index (χ0) is 13.8. The van der Waals surface area contributed by atoms with Gasteiger partial charge >= 0.3 is 4.87 Å². The number of amides is 1. The number of nitrogens with one attached hydrogen (secondary N) is 2. The van der Waals surface area contributed by atoms with Crippen LogP contribution in [-0.2, 0) is 11.3 Å². The first kappa shape index (κ1) is 14.8. The molecule has 0 aliphatic carbocycles. The molecular weight excluding hydrogens is 270 g/mol. The smallest absolute Gasteiger partial charge is 0.304 e. The van der Waals surface area contributed by atoms with E-state index in [1.165, 1.54) is 0 Å². The number of aromatic nitrogens is 1. The second-order valence-corrected chi connectivity index (χ2v) is 5.29. The quantitative estimate of drug-likeness (QED) is 0.685. The molecule has 5 nitrogen and oxygen atoms in total. The van der Waals surface area contributed by atoms with Crippen LogP contribution in [0.25, 0.3) is 0 Å². The van der Waals surface area contributed by atoms with E-state index in [0.717, 1.165) is 11.3 Å². The SMILES string of the molecule is CCC(CC)(C(=O)NCc1csc(=O)[nH]1)C(N)=S. The Bertz CT molecular complexity index is 488. The maximum Gasteiger partial charge on any atom is 0.304 e. The van der Waals surface area contributed by atoms with Gasteiger partial charge in [-0.05, 0) is 12.8 Å². The lowest BCUT2D eigenvalue weighted by molar-refractivity contribution is -0.128. The van der Waals surface area contributed by atoms with E-state index < -0.39 is 5.41 Å². The highest BCUT2D eigenvalue weighted by molar-refractivity contribution is 7.80. The lowest BCUT2D eigenvalue weighted by Gasteiger charge is -2.28. The maximum absolute atomic E-state index is 12.2. The minimum atomic E-state index is -0.800. The van der Waals surface area contributed by atoms with E-state index in [1.807, 2.05) is 13.8 Å². The van der Waals surface area contributed by atoms with Crippen LogP contribution in [0.5, 0.6) is 0 Å². The number of thiocarbonyl (C=S) groups is 1. The van der Waals surface area contributed by atoms with Gasteiger partial charge in [-0.1, -0.05) is 37.4 Å². The van der Waals surface area contributed by atoms with Gasteiger partial charge in [0.1, 0.15) is 0 Å². The van der Waals surface area contributed by atoms with E-state index >= 15 is 0 Å². The third-order valence-electron chi connectivity index (χ3n) is 3.12. The fourth-order valence-corrected chi connectivity index (χ4v) is 2.74. The van der Waals surface area contributed by atoms with Crippen LogP contribution in [0.4, 0.5) is 0 Å². The number of H-pyrrole nitrogens is 1. The standard InChI is InChI=1S/C11H17N3O2S2/c1-3-11(4-2,8(12)17)9(15)13-5-7-6-18-10(16)14-7/h6H,3-5H2,1-2H3,(H2,12,17)(H,13,15)(H,14,16). The summed E-state index contributed by atoms with van der Waals surface area (Å²) in [7, 11) is 0. The van der Waals surface area contributed by atoms with Crippen molar-refractivity contribution in [1.29, 1.82) is 0 Å². The summed E-state index contributed by atoms with van der Waals surface area (Å²) in [4.78, 5) is 25.9. The number of hydrogen-bond acceptors (Lipinski definition) is 4. The second kappa shape index (κ2) is 6.10. The predicted molar refractivity (Wildman–Crippen MR) is 76.6 cm³/mol. The molecule has 100 valence electrons. The van der Waals surface area contributed by atoms with Crippen LogP contribution in [0, 0.1) is 5.41 Å². The first-order chi connectivity index (χ1) is 8.46. The Kier molecular flexibility index (Phi) is 5.03. The van der Waals surface area contributed by atoms with Gasteiger partial charge in [0.2, 0.25) is 5.91 Å². The number of hydrogen-bond donors (Lipinski definition) is 3. The lowest BCUT2D eigenvalue weighted by Crippen LogP contribution is -2.48. The van der Waals surface area contributed by atoms with E-state index in [9.17, 15) is 9.59 Å². The van der Waals surface area contributed by atoms with Crippen LogP contribution in [-0.4, -0.2) is 15.9 Å². The molecule has 18 heavy (non-hydrogen) atoms. The molecule has 0 saturated heterocycles. The number of aromatic amines is 1. The molecule has 1 aromatic rings. The summed E-state index contributed by atoms with van der Waals surface area (Å²) in [6.07, 6.45) is 1.12. The summed E-state index contributed by atoms with van der Waals surface area (Å²) < 4.78 is 0. The molecular formula is C11H17N3O2S2. The summed E-state index contributed by atoms with van der Waals surface area (Å²) >= 11 is 6.07. The molecule has 0 saturated carbocycles. The highest BCUT2D eigenvalue weighted by Crippen LogP contribution is 2.27. The van der Waals surface area contributed by atoms with Crippen molar-refractivity contribution in [3.8, 4) is 0 Å². The summed E-state index contributed by atoms with van der Waals surface area (Å²) in [6.45, 7) is 4.05. The summed E-state index contributed by atoms with van der Waals surface area (Å²) in [6, 6.07) is 0. The van der Waals surface area contributed by atoms with E-state index in [0.29, 0.717) is 18.5 Å². The van der Waals surface area contributed by atoms with E-state index in [1.54, 1.807) is 5.38 Å². The van der Waals surface area contributed by atoms with Gasteiger partial charge in [0.15, 0.2) is 0 Å². The summed E-state index contributed by atoms with van der Waals surface area (Å²) in [5, 5.41) is 4.45. The minimum Gasteiger partial charge on any atom is -0.392 e. The maximum atomic E-state index is 12.2. The van der Waals surface area contributed by atoms with Crippen molar-refractivity contribution in [3.63, 3.8) is 0 Å². The number of thiazole rings is 1. The van der Waals surface area contributed by atoms with Gasteiger partial charge in [-0.2, -0.15) is 0 Å². The Hall–Kier alpha value is -1.21. The first-order valence-corrected chi connectivity index (χ1v) is 7.00. The molecule has 0 unspecified atom stereocenters. The Morgan fingerprint density at radius 1 is 1.56 bits per heavy atom. The van der Waals surface area contributed by atoms with Crippen molar-refractivity contribution in [2.75, 3.05) is 0 Å². The molecule has 0 aliphatic rings. The predicted octanol–water partition coefficient (Wildman–Crippen LogP) is 1.15. The lowest BCUT2D eigenvalue weighted by atomic mass is 9.81. The van der Waals surface area contributed by atoms with Crippen LogP contribution in [0.15, 0.2) is 10.2 Å². The molecule has 0 atom stereocenters. The molecule has 1 aromatic heterocycles. The monoisotopic (exact) mass is 287 g/mol. The Balaban J connectivity index is 2.74. The molecule has 0 radical (unpaired) electrons. The normalized spacial score (nSPS) is 11.2. The molecule has 1 heterocycles. The third-order valence-corrected chi connectivity index (χ3v) is 4.23. The van der Waals surface area contributed by atoms with Gasteiger partial charge in [-0.25, -0.2) is 0 Å². The van der Waals surface area contributed by atoms with E-state index in [2.05, 4.69) is 10.3 Å². The van der Waals surface area contributed by atoms with Crippen molar-refractivity contribution >= 4 is 34.5 Å². The van der Waals surface area contributed by atoms with Crippen LogP contribution >= 0.6 is 23.6 Å². The van der Waals surface area contributed by atoms with Gasteiger partial charge in [0, 0.05) is 11.1 Å². The number of carbonyl (C=O) groups is 1. The highest BCUT2D eigenvalue weighted by Gasteiger charge is 2.37. The fourth-order valence-electron chi connectivity index (χ4n) is 1.78. The van der Waals surface area contributed by atoms with Crippen molar-refractivity contribution in [2.45, 2.75) is 33.2 Å². The fraction of sp³-hybridized carbons (Fsp3) is 0.545. The minimum absolute atomic E-state index is 0.133.